The van der Waals surface area contributed by atoms with E-state index in [-0.39, 0.29) is 36.0 Å². The Morgan fingerprint density at radius 2 is 1.32 bits per heavy atom. The van der Waals surface area contributed by atoms with Crippen LogP contribution in [-0.4, -0.2) is 24.1 Å². The van der Waals surface area contributed by atoms with Gasteiger partial charge in [-0.1, -0.05) is 58.8 Å². The van der Waals surface area contributed by atoms with Gasteiger partial charge in [-0.3, -0.25) is 9.59 Å². The summed E-state index contributed by atoms with van der Waals surface area (Å²) in [7, 11) is 0. The molecule has 0 N–H and O–H groups in total. The van der Waals surface area contributed by atoms with Gasteiger partial charge in [-0.15, -0.1) is 0 Å². The number of esters is 2. The van der Waals surface area contributed by atoms with Crippen molar-refractivity contribution in [1.29, 1.82) is 0 Å². The minimum Gasteiger partial charge on any atom is -0.462 e. The molecule has 0 radical (unpaired) electrons. The fraction of sp³-hybridized carbons (Fsp3) is 0.926. The number of unbranched alkanes of at least 4 members (excludes halogenated alkanes) is 5. The van der Waals surface area contributed by atoms with E-state index in [1.807, 2.05) is 6.92 Å². The van der Waals surface area contributed by atoms with Crippen molar-refractivity contribution in [2.45, 2.75) is 142 Å². The number of ether oxygens (including phenoxy) is 2. The number of carbonyl (C=O) groups is 2. The number of hydrogen-bond acceptors (Lipinski definition) is 4. The average molecular weight is 437 g/mol. The highest BCUT2D eigenvalue weighted by Crippen LogP contribution is 2.34. The summed E-state index contributed by atoms with van der Waals surface area (Å²) in [6.45, 7) is 6.44. The van der Waals surface area contributed by atoms with Crippen LogP contribution in [0.15, 0.2) is 0 Å². The minimum atomic E-state index is -0.0500. The van der Waals surface area contributed by atoms with E-state index >= 15 is 0 Å². The van der Waals surface area contributed by atoms with Crippen LogP contribution in [0.1, 0.15) is 130 Å². The predicted molar refractivity (Wildman–Crippen MR) is 126 cm³/mol. The highest BCUT2D eigenvalue weighted by atomic mass is 16.5. The fourth-order valence-electron chi connectivity index (χ4n) is 5.26. The molecule has 1 unspecified atom stereocenters. The maximum atomic E-state index is 12.6. The summed E-state index contributed by atoms with van der Waals surface area (Å²) < 4.78 is 11.5. The highest BCUT2D eigenvalue weighted by Gasteiger charge is 2.33. The largest absolute Gasteiger partial charge is 0.462 e. The van der Waals surface area contributed by atoms with E-state index < -0.39 is 0 Å². The number of rotatable bonds is 13. The topological polar surface area (TPSA) is 52.6 Å². The molecular formula is C27H48O4. The molecule has 180 valence electrons. The molecule has 0 aliphatic heterocycles. The summed E-state index contributed by atoms with van der Waals surface area (Å²) in [5, 5.41) is 0. The Morgan fingerprint density at radius 3 is 1.97 bits per heavy atom. The van der Waals surface area contributed by atoms with E-state index in [2.05, 4.69) is 13.8 Å². The average Bonchev–Trinajstić information content (AvgIpc) is 2.77. The van der Waals surface area contributed by atoms with Gasteiger partial charge in [-0.25, -0.2) is 0 Å². The first-order chi connectivity index (χ1) is 15.0. The molecule has 0 spiro atoms. The third-order valence-corrected chi connectivity index (χ3v) is 7.47. The Labute approximate surface area is 191 Å². The van der Waals surface area contributed by atoms with Crippen LogP contribution in [0.2, 0.25) is 0 Å². The fourth-order valence-corrected chi connectivity index (χ4v) is 5.26. The second kappa shape index (κ2) is 14.9. The Hall–Kier alpha value is -1.06. The van der Waals surface area contributed by atoms with Crippen molar-refractivity contribution < 1.29 is 19.1 Å². The summed E-state index contributed by atoms with van der Waals surface area (Å²) >= 11 is 0. The first-order valence-electron chi connectivity index (χ1n) is 13.4. The maximum absolute atomic E-state index is 12.6. The van der Waals surface area contributed by atoms with Gasteiger partial charge in [0.1, 0.15) is 6.10 Å². The van der Waals surface area contributed by atoms with E-state index in [1.165, 1.54) is 57.8 Å². The second-order valence-corrected chi connectivity index (χ2v) is 10.2. The van der Waals surface area contributed by atoms with Crippen LogP contribution in [0.4, 0.5) is 0 Å². The third kappa shape index (κ3) is 9.95. The van der Waals surface area contributed by atoms with Crippen LogP contribution in [0.5, 0.6) is 0 Å². The molecule has 0 aromatic rings. The molecule has 4 nitrogen and oxygen atoms in total. The van der Waals surface area contributed by atoms with Gasteiger partial charge < -0.3 is 9.47 Å². The SMILES string of the molecule is CCCCCCC1CCC(C(=O)OC2CCC(C(=O)OC(C)CCCCC)CC2)CC1. The zero-order valence-electron chi connectivity index (χ0n) is 20.5. The van der Waals surface area contributed by atoms with Crippen LogP contribution < -0.4 is 0 Å². The lowest BCUT2D eigenvalue weighted by molar-refractivity contribution is -0.160. The smallest absolute Gasteiger partial charge is 0.309 e. The van der Waals surface area contributed by atoms with Crippen molar-refractivity contribution in [2.24, 2.45) is 17.8 Å². The van der Waals surface area contributed by atoms with Gasteiger partial charge >= 0.3 is 11.9 Å². The molecule has 0 saturated heterocycles. The lowest BCUT2D eigenvalue weighted by Crippen LogP contribution is -2.32. The molecule has 4 heteroatoms. The lowest BCUT2D eigenvalue weighted by atomic mass is 9.79. The molecule has 31 heavy (non-hydrogen) atoms. The first-order valence-corrected chi connectivity index (χ1v) is 13.4. The molecular weight excluding hydrogens is 388 g/mol. The van der Waals surface area contributed by atoms with Crippen molar-refractivity contribution in [3.8, 4) is 0 Å². The number of hydrogen-bond donors (Lipinski definition) is 0. The van der Waals surface area contributed by atoms with E-state index in [1.54, 1.807) is 0 Å². The Morgan fingerprint density at radius 1 is 0.742 bits per heavy atom. The predicted octanol–water partition coefficient (Wildman–Crippen LogP) is 7.38. The van der Waals surface area contributed by atoms with E-state index in [4.69, 9.17) is 9.47 Å². The van der Waals surface area contributed by atoms with Crippen molar-refractivity contribution in [3.05, 3.63) is 0 Å². The van der Waals surface area contributed by atoms with Gasteiger partial charge in [0.25, 0.3) is 0 Å². The van der Waals surface area contributed by atoms with Crippen LogP contribution in [0.3, 0.4) is 0 Å². The molecule has 0 amide bonds. The van der Waals surface area contributed by atoms with Gasteiger partial charge in [0.2, 0.25) is 0 Å². The van der Waals surface area contributed by atoms with E-state index in [0.717, 1.165) is 57.3 Å². The maximum Gasteiger partial charge on any atom is 0.309 e. The van der Waals surface area contributed by atoms with Gasteiger partial charge in [-0.2, -0.15) is 0 Å². The molecule has 2 fully saturated rings. The summed E-state index contributed by atoms with van der Waals surface area (Å²) in [5.41, 5.74) is 0. The summed E-state index contributed by atoms with van der Waals surface area (Å²) in [5.74, 6) is 0.850. The molecule has 0 bridgehead atoms. The van der Waals surface area contributed by atoms with Crippen LogP contribution in [0.25, 0.3) is 0 Å². The monoisotopic (exact) mass is 436 g/mol. The zero-order chi connectivity index (χ0) is 22.5. The third-order valence-electron chi connectivity index (χ3n) is 7.47. The van der Waals surface area contributed by atoms with Crippen molar-refractivity contribution in [1.82, 2.24) is 0 Å². The molecule has 2 saturated carbocycles. The minimum absolute atomic E-state index is 0.00899. The zero-order valence-corrected chi connectivity index (χ0v) is 20.5. The van der Waals surface area contributed by atoms with Crippen molar-refractivity contribution >= 4 is 11.9 Å². The van der Waals surface area contributed by atoms with Crippen LogP contribution in [-0.2, 0) is 19.1 Å². The summed E-state index contributed by atoms with van der Waals surface area (Å²) in [4.78, 5) is 25.1. The highest BCUT2D eigenvalue weighted by molar-refractivity contribution is 5.73. The lowest BCUT2D eigenvalue weighted by Gasteiger charge is -2.31. The Kier molecular flexibility index (Phi) is 12.6. The van der Waals surface area contributed by atoms with E-state index in [0.29, 0.717) is 0 Å². The number of carbonyl (C=O) groups excluding carboxylic acids is 2. The normalized spacial score (nSPS) is 27.5. The molecule has 0 heterocycles. The molecule has 2 aliphatic carbocycles. The Bertz CT molecular complexity index is 501. The summed E-state index contributed by atoms with van der Waals surface area (Å²) in [6, 6.07) is 0. The molecule has 0 aromatic heterocycles. The van der Waals surface area contributed by atoms with Gasteiger partial charge in [0.05, 0.1) is 17.9 Å². The first kappa shape index (κ1) is 26.2. The standard InChI is InChI=1S/C27H48O4/c1-4-6-8-10-12-22-13-15-23(16-14-22)27(29)31-25-19-17-24(18-20-25)26(28)30-21(3)11-9-7-5-2/h21-25H,4-20H2,1-3H3. The molecule has 2 aliphatic rings. The van der Waals surface area contributed by atoms with Crippen LogP contribution >= 0.6 is 0 Å². The van der Waals surface area contributed by atoms with Gasteiger partial charge in [0.15, 0.2) is 0 Å². The van der Waals surface area contributed by atoms with Crippen molar-refractivity contribution in [3.63, 3.8) is 0 Å². The van der Waals surface area contributed by atoms with Gasteiger partial charge in [0, 0.05) is 0 Å². The molecule has 1 atom stereocenters. The van der Waals surface area contributed by atoms with E-state index in [9.17, 15) is 9.59 Å². The summed E-state index contributed by atoms with van der Waals surface area (Å²) in [6.07, 6.45) is 18.6. The van der Waals surface area contributed by atoms with Crippen LogP contribution in [0, 0.1) is 17.8 Å². The van der Waals surface area contributed by atoms with Gasteiger partial charge in [-0.05, 0) is 77.0 Å². The Balaban J connectivity index is 1.60. The quantitative estimate of drug-likeness (QED) is 0.223. The van der Waals surface area contributed by atoms with Crippen molar-refractivity contribution in [2.75, 3.05) is 0 Å². The molecule has 2 rings (SSSR count). The second-order valence-electron chi connectivity index (χ2n) is 10.2. The molecule has 0 aromatic carbocycles.